The molecule has 0 saturated carbocycles. The van der Waals surface area contributed by atoms with E-state index in [1.54, 1.807) is 30.5 Å². The second-order valence-corrected chi connectivity index (χ2v) is 4.40. The highest BCUT2D eigenvalue weighted by molar-refractivity contribution is 5.93. The normalized spacial score (nSPS) is 11.9. The van der Waals surface area contributed by atoms with Crippen molar-refractivity contribution in [2.24, 2.45) is 0 Å². The number of amides is 1. The Morgan fingerprint density at radius 2 is 2.05 bits per heavy atom. The molecule has 4 heteroatoms. The van der Waals surface area contributed by atoms with Crippen LogP contribution in [0.15, 0.2) is 48.8 Å². The molecule has 1 heterocycles. The molecule has 2 rings (SSSR count). The van der Waals surface area contributed by atoms with Gasteiger partial charge >= 0.3 is 0 Å². The molecule has 0 bridgehead atoms. The van der Waals surface area contributed by atoms with Gasteiger partial charge in [-0.3, -0.25) is 9.78 Å². The van der Waals surface area contributed by atoms with Crippen molar-refractivity contribution in [3.8, 4) is 0 Å². The maximum absolute atomic E-state index is 12.8. The van der Waals surface area contributed by atoms with Crippen LogP contribution in [0.5, 0.6) is 0 Å². The van der Waals surface area contributed by atoms with Crippen LogP contribution in [0, 0.1) is 5.82 Å². The molecule has 3 nitrogen and oxygen atoms in total. The second kappa shape index (κ2) is 6.09. The molecule has 0 aliphatic heterocycles. The molecular formula is C15H15FN2O. The minimum atomic E-state index is -0.254. The highest BCUT2D eigenvalue weighted by Crippen LogP contribution is 2.14. The van der Waals surface area contributed by atoms with E-state index in [0.29, 0.717) is 12.1 Å². The molecule has 0 saturated heterocycles. The van der Waals surface area contributed by atoms with Crippen LogP contribution in [-0.4, -0.2) is 17.4 Å². The van der Waals surface area contributed by atoms with Crippen molar-refractivity contribution in [3.63, 3.8) is 0 Å². The summed E-state index contributed by atoms with van der Waals surface area (Å²) in [4.78, 5) is 15.7. The Balaban J connectivity index is 1.92. The number of halogens is 1. The van der Waals surface area contributed by atoms with Crippen LogP contribution in [0.25, 0.3) is 0 Å². The number of hydrogen-bond acceptors (Lipinski definition) is 2. The summed E-state index contributed by atoms with van der Waals surface area (Å²) in [7, 11) is 0. The summed E-state index contributed by atoms with van der Waals surface area (Å²) in [5.41, 5.74) is 1.53. The summed E-state index contributed by atoms with van der Waals surface area (Å²) in [6, 6.07) is 9.75. The fourth-order valence-electron chi connectivity index (χ4n) is 1.75. The van der Waals surface area contributed by atoms with Crippen molar-refractivity contribution in [2.75, 3.05) is 6.54 Å². The van der Waals surface area contributed by atoms with Gasteiger partial charge in [-0.1, -0.05) is 19.1 Å². The van der Waals surface area contributed by atoms with Crippen LogP contribution >= 0.6 is 0 Å². The second-order valence-electron chi connectivity index (χ2n) is 4.40. The lowest BCUT2D eigenvalue weighted by atomic mass is 10.0. The zero-order valence-corrected chi connectivity index (χ0v) is 10.6. The largest absolute Gasteiger partial charge is 0.351 e. The van der Waals surface area contributed by atoms with Crippen LogP contribution in [0.4, 0.5) is 4.39 Å². The predicted octanol–water partition coefficient (Wildman–Crippen LogP) is 2.75. The molecule has 1 unspecified atom stereocenters. The standard InChI is InChI=1S/C15H15FN2O/c1-11(12-4-6-14(16)7-5-12)9-18-15(19)13-3-2-8-17-10-13/h2-8,10-11H,9H2,1H3,(H,18,19). The Morgan fingerprint density at radius 1 is 1.32 bits per heavy atom. The van der Waals surface area contributed by atoms with Gasteiger partial charge in [-0.25, -0.2) is 4.39 Å². The average molecular weight is 258 g/mol. The highest BCUT2D eigenvalue weighted by Gasteiger charge is 2.09. The van der Waals surface area contributed by atoms with Gasteiger partial charge in [-0.05, 0) is 35.7 Å². The van der Waals surface area contributed by atoms with Gasteiger partial charge in [0.05, 0.1) is 5.56 Å². The Morgan fingerprint density at radius 3 is 2.68 bits per heavy atom. The molecule has 0 radical (unpaired) electrons. The van der Waals surface area contributed by atoms with E-state index in [0.717, 1.165) is 5.56 Å². The molecule has 0 aliphatic rings. The first-order valence-corrected chi connectivity index (χ1v) is 6.10. The van der Waals surface area contributed by atoms with Gasteiger partial charge in [0.25, 0.3) is 5.91 Å². The molecule has 1 amide bonds. The van der Waals surface area contributed by atoms with E-state index in [-0.39, 0.29) is 17.6 Å². The molecule has 0 aliphatic carbocycles. The summed E-state index contributed by atoms with van der Waals surface area (Å²) in [6.07, 6.45) is 3.15. The molecule has 0 spiro atoms. The molecule has 1 N–H and O–H groups in total. The van der Waals surface area contributed by atoms with Gasteiger partial charge in [0.15, 0.2) is 0 Å². The first-order valence-electron chi connectivity index (χ1n) is 6.10. The van der Waals surface area contributed by atoms with Gasteiger partial charge in [0.1, 0.15) is 5.82 Å². The van der Waals surface area contributed by atoms with E-state index < -0.39 is 0 Å². The topological polar surface area (TPSA) is 42.0 Å². The van der Waals surface area contributed by atoms with Gasteiger partial charge in [-0.2, -0.15) is 0 Å². The van der Waals surface area contributed by atoms with Gasteiger partial charge in [0.2, 0.25) is 0 Å². The first kappa shape index (κ1) is 13.2. The maximum Gasteiger partial charge on any atom is 0.252 e. The van der Waals surface area contributed by atoms with E-state index in [1.165, 1.54) is 18.3 Å². The highest BCUT2D eigenvalue weighted by atomic mass is 19.1. The first-order chi connectivity index (χ1) is 9.16. The summed E-state index contributed by atoms with van der Waals surface area (Å²) in [6.45, 7) is 2.48. The number of carbonyl (C=O) groups excluding carboxylic acids is 1. The Bertz CT molecular complexity index is 540. The Hall–Kier alpha value is -2.23. The third kappa shape index (κ3) is 3.61. The average Bonchev–Trinajstić information content (AvgIpc) is 2.46. The van der Waals surface area contributed by atoms with Gasteiger partial charge in [0, 0.05) is 18.9 Å². The maximum atomic E-state index is 12.8. The quantitative estimate of drug-likeness (QED) is 0.916. The molecule has 98 valence electrons. The van der Waals surface area contributed by atoms with Crippen LogP contribution in [-0.2, 0) is 0 Å². The lowest BCUT2D eigenvalue weighted by Gasteiger charge is -2.13. The monoisotopic (exact) mass is 258 g/mol. The SMILES string of the molecule is CC(CNC(=O)c1cccnc1)c1ccc(F)cc1. The number of carbonyl (C=O) groups is 1. The third-order valence-corrected chi connectivity index (χ3v) is 2.93. The molecule has 19 heavy (non-hydrogen) atoms. The molecular weight excluding hydrogens is 243 g/mol. The lowest BCUT2D eigenvalue weighted by Crippen LogP contribution is -2.27. The minimum absolute atomic E-state index is 0.126. The van der Waals surface area contributed by atoms with E-state index in [2.05, 4.69) is 10.3 Å². The van der Waals surface area contributed by atoms with Crippen LogP contribution in [0.3, 0.4) is 0 Å². The number of rotatable bonds is 4. The van der Waals surface area contributed by atoms with E-state index in [4.69, 9.17) is 0 Å². The van der Waals surface area contributed by atoms with Crippen molar-refractivity contribution in [1.82, 2.24) is 10.3 Å². The fraction of sp³-hybridized carbons (Fsp3) is 0.200. The molecule has 1 aromatic heterocycles. The molecule has 2 aromatic rings. The van der Waals surface area contributed by atoms with Crippen molar-refractivity contribution in [1.29, 1.82) is 0 Å². The van der Waals surface area contributed by atoms with Crippen molar-refractivity contribution >= 4 is 5.91 Å². The van der Waals surface area contributed by atoms with Crippen LogP contribution in [0.2, 0.25) is 0 Å². The van der Waals surface area contributed by atoms with E-state index in [1.807, 2.05) is 6.92 Å². The summed E-state index contributed by atoms with van der Waals surface area (Å²) >= 11 is 0. The number of pyridine rings is 1. The van der Waals surface area contributed by atoms with Crippen molar-refractivity contribution < 1.29 is 9.18 Å². The van der Waals surface area contributed by atoms with Crippen LogP contribution < -0.4 is 5.32 Å². The molecule has 1 atom stereocenters. The number of aromatic nitrogens is 1. The summed E-state index contributed by atoms with van der Waals surface area (Å²) in [5.74, 6) is -0.279. The van der Waals surface area contributed by atoms with Gasteiger partial charge in [-0.15, -0.1) is 0 Å². The lowest BCUT2D eigenvalue weighted by molar-refractivity contribution is 0.0951. The van der Waals surface area contributed by atoms with Crippen molar-refractivity contribution in [2.45, 2.75) is 12.8 Å². The Labute approximate surface area is 111 Å². The number of nitrogens with one attached hydrogen (secondary N) is 1. The van der Waals surface area contributed by atoms with E-state index >= 15 is 0 Å². The predicted molar refractivity (Wildman–Crippen MR) is 71.4 cm³/mol. The Kier molecular flexibility index (Phi) is 4.23. The van der Waals surface area contributed by atoms with Gasteiger partial charge < -0.3 is 5.32 Å². The van der Waals surface area contributed by atoms with Crippen molar-refractivity contribution in [3.05, 3.63) is 65.7 Å². The third-order valence-electron chi connectivity index (χ3n) is 2.93. The number of nitrogens with zero attached hydrogens (tertiary/aromatic N) is 1. The zero-order valence-electron chi connectivity index (χ0n) is 10.6. The van der Waals surface area contributed by atoms with Crippen LogP contribution in [0.1, 0.15) is 28.8 Å². The number of benzene rings is 1. The zero-order chi connectivity index (χ0) is 13.7. The number of hydrogen-bond donors (Lipinski definition) is 1. The fourth-order valence-corrected chi connectivity index (χ4v) is 1.75. The smallest absolute Gasteiger partial charge is 0.252 e. The molecule has 1 aromatic carbocycles. The summed E-state index contributed by atoms with van der Waals surface area (Å²) in [5, 5.41) is 2.84. The summed E-state index contributed by atoms with van der Waals surface area (Å²) < 4.78 is 12.8. The minimum Gasteiger partial charge on any atom is -0.351 e. The molecule has 0 fully saturated rings. The van der Waals surface area contributed by atoms with E-state index in [9.17, 15) is 9.18 Å².